The van der Waals surface area contributed by atoms with Crippen molar-refractivity contribution in [2.45, 2.75) is 83.2 Å². The number of methoxy groups -OCH3 is 2. The minimum absolute atomic E-state index is 0.0963. The van der Waals surface area contributed by atoms with Crippen molar-refractivity contribution in [2.24, 2.45) is 0 Å². The summed E-state index contributed by atoms with van der Waals surface area (Å²) in [4.78, 5) is 15.5. The Hall–Kier alpha value is -1.96. The summed E-state index contributed by atoms with van der Waals surface area (Å²) in [6.07, 6.45) is 6.72. The van der Waals surface area contributed by atoms with E-state index in [9.17, 15) is 4.79 Å². The van der Waals surface area contributed by atoms with Crippen molar-refractivity contribution in [2.75, 3.05) is 27.4 Å². The van der Waals surface area contributed by atoms with Gasteiger partial charge in [-0.15, -0.1) is 0 Å². The largest absolute Gasteiger partial charge is 0.385 e. The van der Waals surface area contributed by atoms with Gasteiger partial charge in [-0.25, -0.2) is 0 Å². The first-order valence-electron chi connectivity index (χ1n) is 12.1. The van der Waals surface area contributed by atoms with Crippen LogP contribution in [0.25, 0.3) is 10.9 Å². The lowest BCUT2D eigenvalue weighted by atomic mass is 10.0. The second-order valence-electron chi connectivity index (χ2n) is 9.06. The fourth-order valence-corrected chi connectivity index (χ4v) is 4.86. The Balaban J connectivity index is 1.66. The number of para-hydroxylation sites is 1. The van der Waals surface area contributed by atoms with Gasteiger partial charge in [-0.2, -0.15) is 5.10 Å². The highest BCUT2D eigenvalue weighted by atomic mass is 16.5. The average Bonchev–Trinajstić information content (AvgIpc) is 3.58. The Morgan fingerprint density at radius 2 is 2.06 bits per heavy atom. The number of carbonyl (C=O) groups excluding carboxylic acids is 1. The van der Waals surface area contributed by atoms with Gasteiger partial charge in [0.2, 0.25) is 0 Å². The van der Waals surface area contributed by atoms with Crippen molar-refractivity contribution in [3.05, 3.63) is 29.5 Å². The molecule has 2 heterocycles. The Morgan fingerprint density at radius 3 is 2.75 bits per heavy atom. The van der Waals surface area contributed by atoms with E-state index in [0.29, 0.717) is 19.3 Å². The van der Waals surface area contributed by atoms with Crippen LogP contribution in [0.3, 0.4) is 0 Å². The van der Waals surface area contributed by atoms with Crippen LogP contribution in [-0.4, -0.2) is 60.2 Å². The third-order valence-electron chi connectivity index (χ3n) is 6.61. The topological polar surface area (TPSA) is 65.8 Å². The van der Waals surface area contributed by atoms with E-state index < -0.39 is 0 Å². The molecular formula is C25H37N3O4. The summed E-state index contributed by atoms with van der Waals surface area (Å²) in [6, 6.07) is 6.50. The van der Waals surface area contributed by atoms with Crippen LogP contribution in [0.2, 0.25) is 0 Å². The number of nitrogens with zero attached hydrogens (tertiary/aromatic N) is 3. The molecule has 2 aliphatic rings. The van der Waals surface area contributed by atoms with Gasteiger partial charge in [0.15, 0.2) is 0 Å². The quantitative estimate of drug-likeness (QED) is 0.486. The maximum atomic E-state index is 13.5. The SMILES string of the molecule is COCCCCn1nc([C@@H](C)N(C(=O)[C@H]2CCCCO2)C2CC2)c2cccc(COC)c21. The van der Waals surface area contributed by atoms with Crippen LogP contribution in [0.5, 0.6) is 0 Å². The standard InChI is InChI=1S/C25H37N3O4/c1-18(28(20-12-13-20)25(29)22-11-4-6-16-32-22)23-21-10-8-9-19(17-31-3)24(21)27(26-23)14-5-7-15-30-2/h8-10,18,20,22H,4-7,11-17H2,1-3H3/t18-,22-/m1/s1. The van der Waals surface area contributed by atoms with Crippen LogP contribution in [0.1, 0.15) is 69.2 Å². The third-order valence-corrected chi connectivity index (χ3v) is 6.61. The van der Waals surface area contributed by atoms with Crippen molar-refractivity contribution >= 4 is 16.8 Å². The maximum absolute atomic E-state index is 13.5. The average molecular weight is 444 g/mol. The van der Waals surface area contributed by atoms with E-state index in [1.54, 1.807) is 14.2 Å². The Bertz CT molecular complexity index is 902. The lowest BCUT2D eigenvalue weighted by molar-refractivity contribution is -0.149. The molecule has 7 nitrogen and oxygen atoms in total. The summed E-state index contributed by atoms with van der Waals surface area (Å²) < 4.78 is 18.7. The molecule has 1 aliphatic heterocycles. The van der Waals surface area contributed by atoms with Crippen molar-refractivity contribution in [1.82, 2.24) is 14.7 Å². The molecule has 2 fully saturated rings. The van der Waals surface area contributed by atoms with Gasteiger partial charge >= 0.3 is 0 Å². The summed E-state index contributed by atoms with van der Waals surface area (Å²) in [5, 5.41) is 6.19. The zero-order chi connectivity index (χ0) is 22.5. The van der Waals surface area contributed by atoms with Gasteiger partial charge in [-0.05, 0) is 51.9 Å². The zero-order valence-corrected chi connectivity index (χ0v) is 19.7. The van der Waals surface area contributed by atoms with Crippen molar-refractivity contribution < 1.29 is 19.0 Å². The number of aromatic nitrogens is 2. The summed E-state index contributed by atoms with van der Waals surface area (Å²) in [5.41, 5.74) is 3.22. The number of carbonyl (C=O) groups is 1. The number of hydrogen-bond acceptors (Lipinski definition) is 5. The highest BCUT2D eigenvalue weighted by Crippen LogP contribution is 2.38. The number of benzene rings is 1. The lowest BCUT2D eigenvalue weighted by Crippen LogP contribution is -2.44. The monoisotopic (exact) mass is 443 g/mol. The number of ether oxygens (including phenoxy) is 3. The molecule has 1 aromatic heterocycles. The lowest BCUT2D eigenvalue weighted by Gasteiger charge is -2.33. The number of unbranched alkanes of at least 4 members (excludes halogenated alkanes) is 1. The third kappa shape index (κ3) is 5.00. The second kappa shape index (κ2) is 10.8. The van der Waals surface area contributed by atoms with Crippen molar-refractivity contribution in [3.8, 4) is 0 Å². The molecule has 0 bridgehead atoms. The van der Waals surface area contributed by atoms with Crippen LogP contribution in [-0.2, 0) is 32.2 Å². The van der Waals surface area contributed by atoms with Crippen LogP contribution < -0.4 is 0 Å². The Labute approximate surface area is 191 Å². The van der Waals surface area contributed by atoms with Gasteiger partial charge in [0.25, 0.3) is 5.91 Å². The van der Waals surface area contributed by atoms with Crippen LogP contribution >= 0.6 is 0 Å². The summed E-state index contributed by atoms with van der Waals surface area (Å²) >= 11 is 0. The Kier molecular flexibility index (Phi) is 7.81. The summed E-state index contributed by atoms with van der Waals surface area (Å²) in [6.45, 7) is 4.91. The van der Waals surface area contributed by atoms with Gasteiger partial charge in [0.05, 0.1) is 23.9 Å². The normalized spacial score (nSPS) is 19.9. The molecular weight excluding hydrogens is 406 g/mol. The molecule has 1 saturated heterocycles. The van der Waals surface area contributed by atoms with Gasteiger partial charge < -0.3 is 19.1 Å². The first-order chi connectivity index (χ1) is 15.7. The van der Waals surface area contributed by atoms with E-state index >= 15 is 0 Å². The Morgan fingerprint density at radius 1 is 1.22 bits per heavy atom. The highest BCUT2D eigenvalue weighted by Gasteiger charge is 2.41. The maximum Gasteiger partial charge on any atom is 0.252 e. The summed E-state index contributed by atoms with van der Waals surface area (Å²) in [7, 11) is 3.46. The number of fused-ring (bicyclic) bond motifs is 1. The fourth-order valence-electron chi connectivity index (χ4n) is 4.86. The van der Waals surface area contributed by atoms with Gasteiger partial charge in [-0.3, -0.25) is 9.48 Å². The molecule has 1 amide bonds. The fraction of sp³-hybridized carbons (Fsp3) is 0.680. The summed E-state index contributed by atoms with van der Waals surface area (Å²) in [5.74, 6) is 0.135. The van der Waals surface area contributed by atoms with Gasteiger partial charge in [0, 0.05) is 51.0 Å². The minimum Gasteiger partial charge on any atom is -0.385 e. The molecule has 2 atom stereocenters. The molecule has 2 aromatic rings. The molecule has 1 aromatic carbocycles. The number of hydrogen-bond donors (Lipinski definition) is 0. The van der Waals surface area contributed by atoms with E-state index in [1.165, 1.54) is 0 Å². The molecule has 176 valence electrons. The molecule has 0 spiro atoms. The molecule has 1 saturated carbocycles. The van der Waals surface area contributed by atoms with Crippen molar-refractivity contribution in [3.63, 3.8) is 0 Å². The highest BCUT2D eigenvalue weighted by molar-refractivity contribution is 5.87. The first kappa shape index (κ1) is 23.2. The zero-order valence-electron chi connectivity index (χ0n) is 19.7. The molecule has 1 aliphatic carbocycles. The van der Waals surface area contributed by atoms with Crippen LogP contribution in [0, 0.1) is 0 Å². The molecule has 0 N–H and O–H groups in total. The van der Waals surface area contributed by atoms with Crippen LogP contribution in [0.4, 0.5) is 0 Å². The first-order valence-corrected chi connectivity index (χ1v) is 12.1. The number of aryl methyl sites for hydroxylation is 1. The molecule has 32 heavy (non-hydrogen) atoms. The number of rotatable bonds is 11. The van der Waals surface area contributed by atoms with E-state index in [2.05, 4.69) is 34.7 Å². The van der Waals surface area contributed by atoms with E-state index in [-0.39, 0.29) is 18.1 Å². The van der Waals surface area contributed by atoms with E-state index in [1.807, 2.05) is 0 Å². The van der Waals surface area contributed by atoms with Gasteiger partial charge in [-0.1, -0.05) is 18.2 Å². The van der Waals surface area contributed by atoms with E-state index in [4.69, 9.17) is 19.3 Å². The molecule has 0 unspecified atom stereocenters. The molecule has 7 heteroatoms. The predicted molar refractivity (Wildman–Crippen MR) is 123 cm³/mol. The smallest absolute Gasteiger partial charge is 0.252 e. The molecule has 0 radical (unpaired) electrons. The van der Waals surface area contributed by atoms with Gasteiger partial charge in [0.1, 0.15) is 6.10 Å². The number of amides is 1. The second-order valence-corrected chi connectivity index (χ2v) is 9.06. The molecule has 4 rings (SSSR count). The minimum atomic E-state index is -0.307. The van der Waals surface area contributed by atoms with Crippen molar-refractivity contribution in [1.29, 1.82) is 0 Å². The predicted octanol–water partition coefficient (Wildman–Crippen LogP) is 4.23. The van der Waals surface area contributed by atoms with E-state index in [0.717, 1.165) is 80.3 Å². The van der Waals surface area contributed by atoms with Crippen LogP contribution in [0.15, 0.2) is 18.2 Å².